The van der Waals surface area contributed by atoms with Crippen molar-refractivity contribution in [2.24, 2.45) is 5.73 Å². The summed E-state index contributed by atoms with van der Waals surface area (Å²) in [4.78, 5) is 16.6. The highest BCUT2D eigenvalue weighted by molar-refractivity contribution is 9.10. The Morgan fingerprint density at radius 2 is 2.08 bits per heavy atom. The second-order valence-electron chi connectivity index (χ2n) is 5.66. The van der Waals surface area contributed by atoms with Crippen molar-refractivity contribution < 1.29 is 9.21 Å². The van der Waals surface area contributed by atoms with E-state index in [9.17, 15) is 4.79 Å². The first-order valence-electron chi connectivity index (χ1n) is 7.58. The van der Waals surface area contributed by atoms with Crippen LogP contribution in [0.15, 0.2) is 62.8 Å². The third-order valence-electron chi connectivity index (χ3n) is 4.05. The normalized spacial score (nSPS) is 16.5. The fraction of sp³-hybridized carbons (Fsp3) is 0.118. The number of furan rings is 1. The highest BCUT2D eigenvalue weighted by Crippen LogP contribution is 2.36. The van der Waals surface area contributed by atoms with Crippen LogP contribution in [-0.2, 0) is 4.79 Å². The van der Waals surface area contributed by atoms with Gasteiger partial charge in [0.2, 0.25) is 17.7 Å². The van der Waals surface area contributed by atoms with Gasteiger partial charge in [-0.25, -0.2) is 4.68 Å². The van der Waals surface area contributed by atoms with Crippen LogP contribution in [0.25, 0.3) is 11.6 Å². The average molecular weight is 400 g/mol. The molecule has 0 fully saturated rings. The van der Waals surface area contributed by atoms with Gasteiger partial charge in [0.1, 0.15) is 6.04 Å². The number of anilines is 1. The molecule has 1 aliphatic heterocycles. The number of benzene rings is 1. The van der Waals surface area contributed by atoms with Crippen LogP contribution in [0, 0.1) is 0 Å². The number of nitrogens with one attached hydrogen (secondary N) is 1. The zero-order valence-corrected chi connectivity index (χ0v) is 14.8. The quantitative estimate of drug-likeness (QED) is 0.704. The van der Waals surface area contributed by atoms with Crippen molar-refractivity contribution in [3.63, 3.8) is 0 Å². The fourth-order valence-corrected chi connectivity index (χ4v) is 3.20. The minimum Gasteiger partial charge on any atom is -0.461 e. The number of carbonyl (C=O) groups is 1. The molecule has 3 N–H and O–H groups in total. The number of nitrogens with zero attached hydrogens (tertiary/aromatic N) is 3. The summed E-state index contributed by atoms with van der Waals surface area (Å²) in [5.41, 5.74) is 7.64. The summed E-state index contributed by atoms with van der Waals surface area (Å²) >= 11 is 3.42. The molecular formula is C17H14BrN5O2. The zero-order chi connectivity index (χ0) is 17.6. The molecule has 1 aromatic carbocycles. The van der Waals surface area contributed by atoms with Gasteiger partial charge in [0.25, 0.3) is 0 Å². The second-order valence-corrected chi connectivity index (χ2v) is 6.58. The van der Waals surface area contributed by atoms with Gasteiger partial charge in [-0.15, -0.1) is 5.10 Å². The van der Waals surface area contributed by atoms with Crippen LogP contribution >= 0.6 is 15.9 Å². The molecule has 4 rings (SSSR count). The molecule has 7 nitrogen and oxygen atoms in total. The lowest BCUT2D eigenvalue weighted by Crippen LogP contribution is -2.31. The van der Waals surface area contributed by atoms with Crippen LogP contribution in [0.4, 0.5) is 5.95 Å². The molecule has 126 valence electrons. The standard InChI is InChI=1S/C17H14BrN5O2/c1-9-13(15(19)24)14(10-4-6-11(18)7-5-10)23-17(20-9)21-16(22-23)12-3-2-8-25-12/h2-8,14H,1H3,(H2,19,24)(H,20,21,22)/t14-/m0/s1. The fourth-order valence-electron chi connectivity index (χ4n) is 2.93. The Kier molecular flexibility index (Phi) is 3.69. The van der Waals surface area contributed by atoms with Crippen molar-refractivity contribution in [1.82, 2.24) is 14.8 Å². The Hall–Kier alpha value is -2.87. The first-order valence-corrected chi connectivity index (χ1v) is 8.37. The van der Waals surface area contributed by atoms with Gasteiger partial charge in [-0.05, 0) is 36.8 Å². The number of hydrogen-bond donors (Lipinski definition) is 2. The van der Waals surface area contributed by atoms with Crippen molar-refractivity contribution in [3.05, 3.63) is 64.0 Å². The molecule has 1 aliphatic rings. The van der Waals surface area contributed by atoms with Crippen molar-refractivity contribution in [1.29, 1.82) is 0 Å². The lowest BCUT2D eigenvalue weighted by atomic mass is 9.95. The van der Waals surface area contributed by atoms with Gasteiger partial charge in [-0.3, -0.25) is 4.79 Å². The Bertz CT molecular complexity index is 973. The first-order chi connectivity index (χ1) is 12.0. The molecule has 0 unspecified atom stereocenters. The van der Waals surface area contributed by atoms with E-state index in [-0.39, 0.29) is 0 Å². The molecule has 1 amide bonds. The van der Waals surface area contributed by atoms with E-state index in [1.165, 1.54) is 0 Å². The van der Waals surface area contributed by atoms with Gasteiger partial charge >= 0.3 is 0 Å². The van der Waals surface area contributed by atoms with Crippen LogP contribution in [0.2, 0.25) is 0 Å². The van der Waals surface area contributed by atoms with E-state index in [2.05, 4.69) is 31.3 Å². The van der Waals surface area contributed by atoms with Crippen molar-refractivity contribution in [3.8, 4) is 11.6 Å². The van der Waals surface area contributed by atoms with E-state index in [1.54, 1.807) is 30.0 Å². The number of primary amides is 1. The highest BCUT2D eigenvalue weighted by Gasteiger charge is 2.33. The Morgan fingerprint density at radius 3 is 2.72 bits per heavy atom. The Morgan fingerprint density at radius 1 is 1.32 bits per heavy atom. The van der Waals surface area contributed by atoms with Crippen molar-refractivity contribution in [2.45, 2.75) is 13.0 Å². The summed E-state index contributed by atoms with van der Waals surface area (Å²) in [5.74, 6) is 1.02. The summed E-state index contributed by atoms with van der Waals surface area (Å²) in [6.45, 7) is 1.80. The molecule has 2 aromatic heterocycles. The number of halogens is 1. The van der Waals surface area contributed by atoms with Gasteiger partial charge in [-0.2, -0.15) is 4.98 Å². The maximum Gasteiger partial charge on any atom is 0.248 e. The van der Waals surface area contributed by atoms with Crippen LogP contribution < -0.4 is 11.1 Å². The first kappa shape index (κ1) is 15.6. The predicted octanol–water partition coefficient (Wildman–Crippen LogP) is 3.07. The summed E-state index contributed by atoms with van der Waals surface area (Å²) in [6, 6.07) is 10.8. The van der Waals surface area contributed by atoms with Gasteiger partial charge in [0.15, 0.2) is 5.76 Å². The van der Waals surface area contributed by atoms with E-state index >= 15 is 0 Å². The number of fused-ring (bicyclic) bond motifs is 1. The predicted molar refractivity (Wildman–Crippen MR) is 95.5 cm³/mol. The summed E-state index contributed by atoms with van der Waals surface area (Å²) < 4.78 is 7.98. The number of carbonyl (C=O) groups excluding carboxylic acids is 1. The van der Waals surface area contributed by atoms with Crippen LogP contribution in [0.1, 0.15) is 18.5 Å². The van der Waals surface area contributed by atoms with Gasteiger partial charge in [0.05, 0.1) is 11.8 Å². The van der Waals surface area contributed by atoms with E-state index in [4.69, 9.17) is 10.2 Å². The lowest BCUT2D eigenvalue weighted by molar-refractivity contribution is -0.115. The van der Waals surface area contributed by atoms with Gasteiger partial charge in [-0.1, -0.05) is 28.1 Å². The third-order valence-corrected chi connectivity index (χ3v) is 4.57. The topological polar surface area (TPSA) is 99.0 Å². The van der Waals surface area contributed by atoms with Crippen LogP contribution in [-0.4, -0.2) is 20.7 Å². The number of aromatic nitrogens is 3. The number of amides is 1. The van der Waals surface area contributed by atoms with Crippen LogP contribution in [0.3, 0.4) is 0 Å². The number of allylic oxidation sites excluding steroid dienone is 1. The van der Waals surface area contributed by atoms with Crippen molar-refractivity contribution >= 4 is 27.8 Å². The summed E-state index contributed by atoms with van der Waals surface area (Å²) in [7, 11) is 0. The Labute approximate surface area is 151 Å². The minimum atomic E-state index is -0.501. The highest BCUT2D eigenvalue weighted by atomic mass is 79.9. The number of nitrogens with two attached hydrogens (primary N) is 1. The maximum atomic E-state index is 12.1. The molecule has 0 aliphatic carbocycles. The molecule has 0 bridgehead atoms. The van der Waals surface area contributed by atoms with Gasteiger partial charge in [0, 0.05) is 10.2 Å². The molecule has 25 heavy (non-hydrogen) atoms. The number of rotatable bonds is 3. The molecule has 0 spiro atoms. The summed E-state index contributed by atoms with van der Waals surface area (Å²) in [6.07, 6.45) is 1.56. The number of hydrogen-bond acceptors (Lipinski definition) is 5. The summed E-state index contributed by atoms with van der Waals surface area (Å²) in [5, 5.41) is 7.64. The van der Waals surface area contributed by atoms with Crippen LogP contribution in [0.5, 0.6) is 0 Å². The average Bonchev–Trinajstić information content (AvgIpc) is 3.23. The molecule has 8 heteroatoms. The zero-order valence-electron chi connectivity index (χ0n) is 13.2. The minimum absolute atomic E-state index is 0.438. The lowest BCUT2D eigenvalue weighted by Gasteiger charge is -2.27. The largest absolute Gasteiger partial charge is 0.461 e. The van der Waals surface area contributed by atoms with E-state index < -0.39 is 11.9 Å². The molecular weight excluding hydrogens is 386 g/mol. The third kappa shape index (κ3) is 2.64. The SMILES string of the molecule is CC1=C(C(N)=O)[C@H](c2ccc(Br)cc2)n2nc(-c3ccco3)nc2N1. The molecule has 1 atom stereocenters. The molecule has 0 radical (unpaired) electrons. The van der Waals surface area contributed by atoms with Gasteiger partial charge < -0.3 is 15.5 Å². The molecule has 3 aromatic rings. The van der Waals surface area contributed by atoms with E-state index in [0.717, 1.165) is 10.0 Å². The monoisotopic (exact) mass is 399 g/mol. The maximum absolute atomic E-state index is 12.1. The second kappa shape index (κ2) is 5.89. The van der Waals surface area contributed by atoms with E-state index in [1.807, 2.05) is 24.3 Å². The molecule has 0 saturated heterocycles. The Balaban J connectivity index is 1.89. The molecule has 3 heterocycles. The van der Waals surface area contributed by atoms with Crippen molar-refractivity contribution in [2.75, 3.05) is 5.32 Å². The molecule has 0 saturated carbocycles. The smallest absolute Gasteiger partial charge is 0.248 e. The van der Waals surface area contributed by atoms with E-state index in [0.29, 0.717) is 28.8 Å².